The molecule has 0 unspecified atom stereocenters. The van der Waals surface area contributed by atoms with Gasteiger partial charge in [-0.15, -0.1) is 11.8 Å². The molecule has 0 amide bonds. The number of allylic oxidation sites excluding steroid dienone is 9. The van der Waals surface area contributed by atoms with Crippen LogP contribution in [0.1, 0.15) is 23.8 Å². The molecule has 0 saturated heterocycles. The maximum Gasteiger partial charge on any atom is 0.179 e. The number of nitrogens with zero attached hydrogens (tertiary/aromatic N) is 2. The van der Waals surface area contributed by atoms with E-state index >= 15 is 0 Å². The summed E-state index contributed by atoms with van der Waals surface area (Å²) in [6.45, 7) is 14.5. The van der Waals surface area contributed by atoms with Crippen molar-refractivity contribution < 1.29 is 4.42 Å². The fraction of sp³-hybridized carbons (Fsp3) is 0.0698. The highest BCUT2D eigenvalue weighted by Gasteiger charge is 2.22. The lowest BCUT2D eigenvalue weighted by Crippen LogP contribution is -2.03. The molecule has 230 valence electrons. The number of hydrogen-bond acceptors (Lipinski definition) is 4. The molecule has 2 heterocycles. The topological polar surface area (TPSA) is 37.9 Å². The fourth-order valence-electron chi connectivity index (χ4n) is 5.84. The normalized spacial score (nSPS) is 15.4. The maximum atomic E-state index is 6.46. The van der Waals surface area contributed by atoms with Crippen molar-refractivity contribution in [1.82, 2.24) is 0 Å². The SMILES string of the molecule is C=C/C(=C\C(=C/C)c1cccc2c1SC/C=C\C=C/C2=C)C(=NC)c1oc2ccc(-c3ccc(-c4ccccc4)cc3)cc2c1N=C. The monoisotopic (exact) mass is 628 g/mol. The molecule has 0 aliphatic carbocycles. The average Bonchev–Trinajstić information content (AvgIpc) is 3.52. The van der Waals surface area contributed by atoms with E-state index in [1.54, 1.807) is 7.05 Å². The Kier molecular flexibility index (Phi) is 9.61. The summed E-state index contributed by atoms with van der Waals surface area (Å²) in [5.74, 6) is 1.43. The van der Waals surface area contributed by atoms with Crippen molar-refractivity contribution in [3.63, 3.8) is 0 Å². The van der Waals surface area contributed by atoms with Gasteiger partial charge in [-0.25, -0.2) is 0 Å². The molecule has 0 fully saturated rings. The van der Waals surface area contributed by atoms with Crippen LogP contribution in [0.3, 0.4) is 0 Å². The zero-order chi connectivity index (χ0) is 32.8. The van der Waals surface area contributed by atoms with Crippen LogP contribution in [-0.2, 0) is 0 Å². The third-order valence-corrected chi connectivity index (χ3v) is 9.33. The van der Waals surface area contributed by atoms with Crippen molar-refractivity contribution >= 4 is 52.0 Å². The minimum atomic E-state index is 0.563. The number of thioether (sulfide) groups is 1. The third-order valence-electron chi connectivity index (χ3n) is 8.24. The Labute approximate surface area is 281 Å². The fourth-order valence-corrected chi connectivity index (χ4v) is 6.91. The van der Waals surface area contributed by atoms with Gasteiger partial charge in [0.25, 0.3) is 0 Å². The Morgan fingerprint density at radius 3 is 2.30 bits per heavy atom. The van der Waals surface area contributed by atoms with Gasteiger partial charge in [-0.2, -0.15) is 0 Å². The number of hydrogen-bond donors (Lipinski definition) is 0. The smallest absolute Gasteiger partial charge is 0.179 e. The van der Waals surface area contributed by atoms with E-state index in [2.05, 4.69) is 141 Å². The second kappa shape index (κ2) is 14.3. The lowest BCUT2D eigenvalue weighted by molar-refractivity contribution is 0.606. The molecule has 0 N–H and O–H groups in total. The first-order valence-electron chi connectivity index (χ1n) is 15.5. The molecule has 0 radical (unpaired) electrons. The molecule has 1 aromatic heterocycles. The molecule has 5 aromatic rings. The van der Waals surface area contributed by atoms with E-state index in [1.165, 1.54) is 16.0 Å². The third kappa shape index (κ3) is 6.46. The van der Waals surface area contributed by atoms with Gasteiger partial charge in [-0.05, 0) is 76.4 Å². The highest BCUT2D eigenvalue weighted by molar-refractivity contribution is 7.99. The summed E-state index contributed by atoms with van der Waals surface area (Å²) >= 11 is 1.81. The summed E-state index contributed by atoms with van der Waals surface area (Å²) in [6, 6.07) is 31.6. The molecular formula is C43H36N2OS. The minimum Gasteiger partial charge on any atom is -0.452 e. The van der Waals surface area contributed by atoms with E-state index in [1.807, 2.05) is 36.0 Å². The van der Waals surface area contributed by atoms with Gasteiger partial charge < -0.3 is 4.42 Å². The van der Waals surface area contributed by atoms with Gasteiger partial charge in [0.15, 0.2) is 5.76 Å². The van der Waals surface area contributed by atoms with Gasteiger partial charge in [0, 0.05) is 28.7 Å². The predicted molar refractivity (Wildman–Crippen MR) is 205 cm³/mol. The number of rotatable bonds is 8. The van der Waals surface area contributed by atoms with Crippen molar-refractivity contribution in [2.45, 2.75) is 11.8 Å². The van der Waals surface area contributed by atoms with Crippen molar-refractivity contribution in [2.24, 2.45) is 9.98 Å². The molecule has 1 aliphatic rings. The molecule has 47 heavy (non-hydrogen) atoms. The van der Waals surface area contributed by atoms with Gasteiger partial charge in [0.1, 0.15) is 17.0 Å². The standard InChI is InChI=1S/C43H36N2OS/c1-6-30(37-19-14-18-36-29(3)15-10-9-13-26-47-43(36)37)27-31(7-2)40(44-4)42-41(45-5)38-28-35(24-25-39(38)46-42)34-22-20-33(21-23-34)32-16-11-8-12-17-32/h6-25,27-28H,2-3,5,26H2,1,4H3/b13-9-,15-10-,30-6+,31-27+,44-40?. The quantitative estimate of drug-likeness (QED) is 0.127. The summed E-state index contributed by atoms with van der Waals surface area (Å²) in [7, 11) is 1.77. The van der Waals surface area contributed by atoms with Crippen LogP contribution in [0, 0.1) is 0 Å². The predicted octanol–water partition coefficient (Wildman–Crippen LogP) is 12.0. The Bertz CT molecular complexity index is 2140. The Balaban J connectivity index is 1.38. The van der Waals surface area contributed by atoms with Gasteiger partial charge in [-0.3, -0.25) is 9.98 Å². The Morgan fingerprint density at radius 1 is 0.872 bits per heavy atom. The minimum absolute atomic E-state index is 0.563. The van der Waals surface area contributed by atoms with Crippen LogP contribution in [0.2, 0.25) is 0 Å². The summed E-state index contributed by atoms with van der Waals surface area (Å²) < 4.78 is 6.46. The Hall–Kier alpha value is -5.45. The van der Waals surface area contributed by atoms with Crippen molar-refractivity contribution in [1.29, 1.82) is 0 Å². The van der Waals surface area contributed by atoms with Crippen LogP contribution in [0.4, 0.5) is 5.69 Å². The van der Waals surface area contributed by atoms with Gasteiger partial charge in [-0.1, -0.05) is 128 Å². The van der Waals surface area contributed by atoms with Crippen LogP contribution in [-0.4, -0.2) is 25.2 Å². The molecule has 3 nitrogen and oxygen atoms in total. The van der Waals surface area contributed by atoms with E-state index in [9.17, 15) is 0 Å². The molecule has 6 rings (SSSR count). The zero-order valence-electron chi connectivity index (χ0n) is 26.7. The lowest BCUT2D eigenvalue weighted by atomic mass is 9.95. The molecular weight excluding hydrogens is 593 g/mol. The average molecular weight is 629 g/mol. The summed E-state index contributed by atoms with van der Waals surface area (Å²) in [5.41, 5.74) is 11.7. The van der Waals surface area contributed by atoms with E-state index in [0.717, 1.165) is 55.7 Å². The van der Waals surface area contributed by atoms with Gasteiger partial charge >= 0.3 is 0 Å². The van der Waals surface area contributed by atoms with Crippen molar-refractivity contribution in [3.05, 3.63) is 169 Å². The highest BCUT2D eigenvalue weighted by Crippen LogP contribution is 2.40. The maximum absolute atomic E-state index is 6.46. The van der Waals surface area contributed by atoms with E-state index in [-0.39, 0.29) is 0 Å². The molecule has 0 atom stereocenters. The van der Waals surface area contributed by atoms with Gasteiger partial charge in [0.2, 0.25) is 0 Å². The van der Waals surface area contributed by atoms with Crippen LogP contribution >= 0.6 is 11.8 Å². The highest BCUT2D eigenvalue weighted by atomic mass is 32.2. The van der Waals surface area contributed by atoms with Crippen LogP contribution in [0.15, 0.2) is 172 Å². The number of aliphatic imine (C=N–C) groups is 2. The number of benzene rings is 4. The summed E-state index contributed by atoms with van der Waals surface area (Å²) in [6.07, 6.45) is 14.4. The summed E-state index contributed by atoms with van der Waals surface area (Å²) in [4.78, 5) is 10.4. The number of furan rings is 1. The Morgan fingerprint density at radius 2 is 1.60 bits per heavy atom. The molecule has 4 aromatic carbocycles. The molecule has 0 saturated carbocycles. The number of fused-ring (bicyclic) bond motifs is 2. The van der Waals surface area contributed by atoms with E-state index < -0.39 is 0 Å². The van der Waals surface area contributed by atoms with Gasteiger partial charge in [0.05, 0.1) is 0 Å². The summed E-state index contributed by atoms with van der Waals surface area (Å²) in [5, 5.41) is 0.881. The van der Waals surface area contributed by atoms with Crippen molar-refractivity contribution in [2.75, 3.05) is 12.8 Å². The van der Waals surface area contributed by atoms with E-state index in [0.29, 0.717) is 17.2 Å². The first-order chi connectivity index (χ1) is 23.1. The molecule has 4 heteroatoms. The molecule has 0 bridgehead atoms. The molecule has 1 aliphatic heterocycles. The second-order valence-corrected chi connectivity index (χ2v) is 12.0. The largest absolute Gasteiger partial charge is 0.452 e. The lowest BCUT2D eigenvalue weighted by Gasteiger charge is -2.16. The second-order valence-electron chi connectivity index (χ2n) is 11.0. The van der Waals surface area contributed by atoms with Crippen LogP contribution < -0.4 is 0 Å². The van der Waals surface area contributed by atoms with Crippen LogP contribution in [0.5, 0.6) is 0 Å². The van der Waals surface area contributed by atoms with E-state index in [4.69, 9.17) is 9.41 Å². The molecule has 0 spiro atoms. The first kappa shape index (κ1) is 31.5. The first-order valence-corrected chi connectivity index (χ1v) is 16.5. The van der Waals surface area contributed by atoms with Crippen LogP contribution in [0.25, 0.3) is 44.4 Å². The zero-order valence-corrected chi connectivity index (χ0v) is 27.6. The van der Waals surface area contributed by atoms with Crippen molar-refractivity contribution in [3.8, 4) is 22.3 Å².